The van der Waals surface area contributed by atoms with Gasteiger partial charge in [-0.05, 0) is 31.2 Å². The minimum absolute atomic E-state index is 0.113. The summed E-state index contributed by atoms with van der Waals surface area (Å²) >= 11 is 0. The molecule has 0 atom stereocenters. The lowest BCUT2D eigenvalue weighted by atomic mass is 10.00. The smallest absolute Gasteiger partial charge is 0.373 e. The highest BCUT2D eigenvalue weighted by Crippen LogP contribution is 2.37. The molecule has 1 amide bonds. The number of alkyl halides is 3. The maximum absolute atomic E-state index is 13.0. The molecule has 4 rings (SSSR count). The molecule has 12 heteroatoms. The lowest BCUT2D eigenvalue weighted by Gasteiger charge is -2.25. The summed E-state index contributed by atoms with van der Waals surface area (Å²) < 4.78 is 39.1. The highest BCUT2D eigenvalue weighted by Gasteiger charge is 2.54. The summed E-state index contributed by atoms with van der Waals surface area (Å²) in [5.41, 5.74) is 6.83. The van der Waals surface area contributed by atoms with Gasteiger partial charge in [0.2, 0.25) is 6.41 Å². The Kier molecular flexibility index (Phi) is 7.27. The third-order valence-corrected chi connectivity index (χ3v) is 5.07. The Balaban J connectivity index is 0.00000108. The Morgan fingerprint density at radius 1 is 0.971 bits per heavy atom. The number of nitrogens with one attached hydrogen (secondary N) is 1. The number of carbonyl (C=O) groups excluding carboxylic acids is 1. The van der Waals surface area contributed by atoms with Gasteiger partial charge in [0, 0.05) is 71.2 Å². The third kappa shape index (κ3) is 5.34. The highest BCUT2D eigenvalue weighted by atomic mass is 19.4. The molecular weight excluding hydrogens is 465 g/mol. The van der Waals surface area contributed by atoms with Crippen molar-refractivity contribution in [2.24, 2.45) is 5.73 Å². The number of pyridine rings is 4. The molecule has 0 aliphatic carbocycles. The van der Waals surface area contributed by atoms with E-state index in [0.29, 0.717) is 22.6 Å². The molecule has 5 N–H and O–H groups in total. The SMILES string of the molecule is CNc1cc2ncc(-c3cc(-c4cc(C(O)(O)C(F)(F)F)ccn4)cnc3C)cc2cn1.NC=O. The number of primary amides is 1. The van der Waals surface area contributed by atoms with Gasteiger partial charge in [-0.3, -0.25) is 19.7 Å². The van der Waals surface area contributed by atoms with Crippen molar-refractivity contribution in [1.29, 1.82) is 0 Å². The first-order chi connectivity index (χ1) is 16.5. The molecule has 9 nitrogen and oxygen atoms in total. The van der Waals surface area contributed by atoms with Crippen molar-refractivity contribution in [3.63, 3.8) is 0 Å². The van der Waals surface area contributed by atoms with Gasteiger partial charge in [-0.2, -0.15) is 13.2 Å². The van der Waals surface area contributed by atoms with Gasteiger partial charge in [-0.25, -0.2) is 4.98 Å². The highest BCUT2D eigenvalue weighted by molar-refractivity contribution is 5.85. The monoisotopic (exact) mass is 486 g/mol. The van der Waals surface area contributed by atoms with Gasteiger partial charge in [-0.15, -0.1) is 0 Å². The van der Waals surface area contributed by atoms with Crippen LogP contribution in [0.3, 0.4) is 0 Å². The molecule has 0 unspecified atom stereocenters. The van der Waals surface area contributed by atoms with Crippen LogP contribution in [0, 0.1) is 6.92 Å². The molecule has 4 heterocycles. The zero-order valence-corrected chi connectivity index (χ0v) is 18.6. The average Bonchev–Trinajstić information content (AvgIpc) is 2.83. The van der Waals surface area contributed by atoms with Gasteiger partial charge in [0.05, 0.1) is 11.2 Å². The summed E-state index contributed by atoms with van der Waals surface area (Å²) in [6.45, 7) is 1.80. The van der Waals surface area contributed by atoms with E-state index in [9.17, 15) is 23.4 Å². The van der Waals surface area contributed by atoms with E-state index in [2.05, 4.69) is 31.0 Å². The first kappa shape index (κ1) is 25.5. The minimum atomic E-state index is -5.26. The van der Waals surface area contributed by atoms with E-state index in [1.807, 2.05) is 12.1 Å². The first-order valence-corrected chi connectivity index (χ1v) is 10.1. The van der Waals surface area contributed by atoms with E-state index < -0.39 is 17.5 Å². The molecule has 4 aromatic heterocycles. The Morgan fingerprint density at radius 2 is 1.66 bits per heavy atom. The second-order valence-corrected chi connectivity index (χ2v) is 7.33. The zero-order chi connectivity index (χ0) is 25.8. The van der Waals surface area contributed by atoms with Crippen molar-refractivity contribution < 1.29 is 28.2 Å². The van der Waals surface area contributed by atoms with Crippen molar-refractivity contribution in [1.82, 2.24) is 19.9 Å². The molecule has 182 valence electrons. The Labute approximate surface area is 197 Å². The summed E-state index contributed by atoms with van der Waals surface area (Å²) in [6, 6.07) is 7.30. The lowest BCUT2D eigenvalue weighted by molar-refractivity contribution is -0.358. The number of aryl methyl sites for hydroxylation is 1. The molecule has 35 heavy (non-hydrogen) atoms. The van der Waals surface area contributed by atoms with Crippen LogP contribution in [0.1, 0.15) is 11.3 Å². The number of rotatable bonds is 4. The van der Waals surface area contributed by atoms with E-state index in [0.717, 1.165) is 34.8 Å². The molecule has 0 radical (unpaired) electrons. The predicted octanol–water partition coefficient (Wildman–Crippen LogP) is 2.91. The van der Waals surface area contributed by atoms with Crippen LogP contribution < -0.4 is 11.1 Å². The van der Waals surface area contributed by atoms with Crippen LogP contribution in [0.15, 0.2) is 55.1 Å². The van der Waals surface area contributed by atoms with E-state index in [1.165, 1.54) is 6.20 Å². The van der Waals surface area contributed by atoms with E-state index in [-0.39, 0.29) is 12.1 Å². The molecule has 0 aliphatic heterocycles. The number of hydrogen-bond acceptors (Lipinski definition) is 8. The van der Waals surface area contributed by atoms with Gasteiger partial charge in [0.1, 0.15) is 5.82 Å². The van der Waals surface area contributed by atoms with Crippen LogP contribution in [0.2, 0.25) is 0 Å². The Hall–Kier alpha value is -4.16. The summed E-state index contributed by atoms with van der Waals surface area (Å²) in [6.07, 6.45) is 0.897. The lowest BCUT2D eigenvalue weighted by Crippen LogP contribution is -2.42. The molecule has 0 saturated carbocycles. The van der Waals surface area contributed by atoms with Crippen molar-refractivity contribution in [2.45, 2.75) is 18.9 Å². The number of hydrogen-bond donors (Lipinski definition) is 4. The second kappa shape index (κ2) is 9.99. The Bertz CT molecular complexity index is 1360. The van der Waals surface area contributed by atoms with Crippen LogP contribution in [0.25, 0.3) is 33.3 Å². The first-order valence-electron chi connectivity index (χ1n) is 10.1. The summed E-state index contributed by atoms with van der Waals surface area (Å²) in [5.74, 6) is -3.31. The number of halogens is 3. The Morgan fingerprint density at radius 3 is 2.31 bits per heavy atom. The molecule has 4 aromatic rings. The topological polar surface area (TPSA) is 147 Å². The fourth-order valence-corrected chi connectivity index (χ4v) is 3.24. The molecule has 0 bridgehead atoms. The van der Waals surface area contributed by atoms with Gasteiger partial charge in [0.15, 0.2) is 0 Å². The van der Waals surface area contributed by atoms with Crippen molar-refractivity contribution in [2.75, 3.05) is 12.4 Å². The van der Waals surface area contributed by atoms with Gasteiger partial charge < -0.3 is 21.3 Å². The molecular formula is C23H21F3N6O3. The number of amides is 1. The maximum Gasteiger partial charge on any atom is 0.447 e. The molecule has 0 fully saturated rings. The van der Waals surface area contributed by atoms with Crippen LogP contribution in [-0.4, -0.2) is 49.8 Å². The standard InChI is InChI=1S/C22H18F3N5O2.CH3NO/c1-12-17(13-5-14-11-30-20(26-2)8-19(14)29-9-13)6-15(10-28-12)18-7-16(3-4-27-18)21(31,32)22(23,24)25;2-1-3/h3-11,31-32H,1-2H3,(H,26,30);1H,(H2,2,3). The summed E-state index contributed by atoms with van der Waals surface area (Å²) in [4.78, 5) is 25.8. The normalized spacial score (nSPS) is 11.5. The number of fused-ring (bicyclic) bond motifs is 1. The van der Waals surface area contributed by atoms with E-state index in [1.54, 1.807) is 32.4 Å². The number of aliphatic hydroxyl groups is 2. The van der Waals surface area contributed by atoms with E-state index in [4.69, 9.17) is 4.79 Å². The number of anilines is 1. The van der Waals surface area contributed by atoms with Gasteiger partial charge in [-0.1, -0.05) is 0 Å². The van der Waals surface area contributed by atoms with Crippen LogP contribution >= 0.6 is 0 Å². The fraction of sp³-hybridized carbons (Fsp3) is 0.174. The molecule has 0 aliphatic rings. The van der Waals surface area contributed by atoms with Crippen LogP contribution in [0.5, 0.6) is 0 Å². The summed E-state index contributed by atoms with van der Waals surface area (Å²) in [5, 5.41) is 22.9. The molecule has 0 spiro atoms. The van der Waals surface area contributed by atoms with Crippen LogP contribution in [-0.2, 0) is 10.6 Å². The quantitative estimate of drug-likeness (QED) is 0.254. The fourth-order valence-electron chi connectivity index (χ4n) is 3.24. The predicted molar refractivity (Wildman–Crippen MR) is 123 cm³/mol. The van der Waals surface area contributed by atoms with E-state index >= 15 is 0 Å². The van der Waals surface area contributed by atoms with Crippen molar-refractivity contribution in [3.05, 3.63) is 66.4 Å². The number of nitrogens with zero attached hydrogens (tertiary/aromatic N) is 4. The van der Waals surface area contributed by atoms with Crippen molar-refractivity contribution >= 4 is 23.1 Å². The number of aromatic nitrogens is 4. The minimum Gasteiger partial charge on any atom is -0.373 e. The average molecular weight is 486 g/mol. The van der Waals surface area contributed by atoms with Crippen molar-refractivity contribution in [3.8, 4) is 22.4 Å². The number of carbonyl (C=O) groups is 1. The van der Waals surface area contributed by atoms with Gasteiger partial charge >= 0.3 is 6.18 Å². The maximum atomic E-state index is 13.0. The molecule has 0 saturated heterocycles. The third-order valence-electron chi connectivity index (χ3n) is 5.07. The molecule has 0 aromatic carbocycles. The largest absolute Gasteiger partial charge is 0.447 e. The van der Waals surface area contributed by atoms with Crippen LogP contribution in [0.4, 0.5) is 19.0 Å². The van der Waals surface area contributed by atoms with Gasteiger partial charge in [0.25, 0.3) is 5.79 Å². The second-order valence-electron chi connectivity index (χ2n) is 7.33. The zero-order valence-electron chi connectivity index (χ0n) is 18.6. The number of nitrogens with two attached hydrogens (primary N) is 1. The summed E-state index contributed by atoms with van der Waals surface area (Å²) in [7, 11) is 1.76.